The predicted molar refractivity (Wildman–Crippen MR) is 200 cm³/mol. The first-order valence-electron chi connectivity index (χ1n) is 17.8. The lowest BCUT2D eigenvalue weighted by molar-refractivity contribution is -0.137. The predicted octanol–water partition coefficient (Wildman–Crippen LogP) is 9.23. The SMILES string of the molecule is CCN(CCCCCC(=O)O)c1ccc2cc(C=C3CCc4c3oc3cc(=[N+](CC)CC)ccc-3c4-c3ccccc3)c(=O)oc2c1.F[B-](F)(F)F. The van der Waals surface area contributed by atoms with Crippen LogP contribution in [0.25, 0.3) is 45.1 Å². The van der Waals surface area contributed by atoms with Gasteiger partial charge in [-0.2, -0.15) is 0 Å². The van der Waals surface area contributed by atoms with Crippen LogP contribution in [0.5, 0.6) is 0 Å². The zero-order valence-corrected chi connectivity index (χ0v) is 29.6. The van der Waals surface area contributed by atoms with Crippen LogP contribution in [0.1, 0.15) is 69.8 Å². The maximum absolute atomic E-state index is 13.4. The lowest BCUT2D eigenvalue weighted by Gasteiger charge is -2.23. The van der Waals surface area contributed by atoms with Crippen molar-refractivity contribution in [3.8, 4) is 22.5 Å². The van der Waals surface area contributed by atoms with Gasteiger partial charge in [0.15, 0.2) is 0 Å². The fourth-order valence-corrected chi connectivity index (χ4v) is 6.80. The van der Waals surface area contributed by atoms with Crippen LogP contribution in [-0.2, 0) is 11.2 Å². The number of hydrogen-bond donors (Lipinski definition) is 1. The van der Waals surface area contributed by atoms with Crippen molar-refractivity contribution >= 4 is 41.5 Å². The minimum atomic E-state index is -6.00. The van der Waals surface area contributed by atoms with Crippen LogP contribution in [0.4, 0.5) is 23.0 Å². The minimum absolute atomic E-state index is 0.202. The van der Waals surface area contributed by atoms with Crippen LogP contribution >= 0.6 is 0 Å². The zero-order valence-electron chi connectivity index (χ0n) is 29.6. The number of carboxylic acid groups (broad SMARTS) is 1. The summed E-state index contributed by atoms with van der Waals surface area (Å²) < 4.78 is 53.9. The highest BCUT2D eigenvalue weighted by atomic mass is 19.5. The molecule has 52 heavy (non-hydrogen) atoms. The van der Waals surface area contributed by atoms with Gasteiger partial charge in [0.1, 0.15) is 30.2 Å². The molecule has 2 aromatic carbocycles. The highest BCUT2D eigenvalue weighted by molar-refractivity contribution is 6.50. The maximum Gasteiger partial charge on any atom is 0.673 e. The van der Waals surface area contributed by atoms with Gasteiger partial charge in [0.25, 0.3) is 0 Å². The minimum Gasteiger partial charge on any atom is -0.481 e. The number of rotatable bonds is 12. The third-order valence-electron chi connectivity index (χ3n) is 9.29. The molecule has 1 aromatic heterocycles. The van der Waals surface area contributed by atoms with Crippen LogP contribution in [0.2, 0.25) is 0 Å². The number of hydrogen-bond acceptors (Lipinski definition) is 5. The third kappa shape index (κ3) is 9.40. The van der Waals surface area contributed by atoms with Crippen LogP contribution < -0.4 is 20.5 Å². The Bertz CT molecular complexity index is 2150. The molecule has 12 heteroatoms. The zero-order chi connectivity index (χ0) is 37.4. The Morgan fingerprint density at radius 1 is 0.904 bits per heavy atom. The number of halogens is 4. The summed E-state index contributed by atoms with van der Waals surface area (Å²) in [5.74, 6) is 0.920. The Hall–Kier alpha value is -5.13. The number of aliphatic carboxylic acids is 1. The third-order valence-corrected chi connectivity index (χ3v) is 9.29. The largest absolute Gasteiger partial charge is 0.673 e. The molecular formula is C40H43BF4N2O5. The Balaban J connectivity index is 0.000000979. The Labute approximate surface area is 300 Å². The van der Waals surface area contributed by atoms with Crippen LogP contribution in [0.15, 0.2) is 86.4 Å². The molecule has 1 N–H and O–H groups in total. The fourth-order valence-electron chi connectivity index (χ4n) is 6.80. The van der Waals surface area contributed by atoms with E-state index in [0.29, 0.717) is 17.6 Å². The summed E-state index contributed by atoms with van der Waals surface area (Å²) in [6, 6.07) is 24.9. The van der Waals surface area contributed by atoms with Gasteiger partial charge >= 0.3 is 18.8 Å². The van der Waals surface area contributed by atoms with Gasteiger partial charge in [-0.1, -0.05) is 36.8 Å². The lowest BCUT2D eigenvalue weighted by atomic mass is 9.92. The van der Waals surface area contributed by atoms with Crippen molar-refractivity contribution in [2.24, 2.45) is 0 Å². The maximum atomic E-state index is 13.4. The molecule has 0 saturated heterocycles. The van der Waals surface area contributed by atoms with E-state index >= 15 is 0 Å². The summed E-state index contributed by atoms with van der Waals surface area (Å²) >= 11 is 0. The summed E-state index contributed by atoms with van der Waals surface area (Å²) in [6.45, 7) is 9.85. The molecule has 0 spiro atoms. The quantitative estimate of drug-likeness (QED) is 0.0455. The van der Waals surface area contributed by atoms with Crippen molar-refractivity contribution in [1.29, 1.82) is 0 Å². The molecule has 3 aliphatic rings. The van der Waals surface area contributed by atoms with Gasteiger partial charge < -0.3 is 36.1 Å². The molecule has 0 saturated carbocycles. The molecule has 2 heterocycles. The summed E-state index contributed by atoms with van der Waals surface area (Å²) in [4.78, 5) is 26.4. The van der Waals surface area contributed by atoms with Gasteiger partial charge in [-0.25, -0.2) is 9.37 Å². The standard InChI is InChI=1S/C40H42N2O5.BF4/c1-4-41(5-2)31-19-21-33-36(26-31)46-39-29(17-20-34(39)38(33)27-13-9-7-10-14-27)24-30-23-28-16-18-32(25-35(28)47-40(30)45)42(6-3)22-12-8-11-15-37(43)44;2-1(3,4)5/h7,9-10,13-14,16,18-19,21,23-26H,4-6,8,11-12,15,17,20,22H2,1-3H3;/q;-1/p+1. The Kier molecular flexibility index (Phi) is 12.4. The normalized spacial score (nSPS) is 13.2. The van der Waals surface area contributed by atoms with E-state index in [1.165, 1.54) is 11.1 Å². The summed E-state index contributed by atoms with van der Waals surface area (Å²) in [7, 11) is -6.00. The van der Waals surface area contributed by atoms with E-state index in [-0.39, 0.29) is 12.0 Å². The molecule has 0 radical (unpaired) electrons. The second-order valence-corrected chi connectivity index (χ2v) is 12.7. The molecule has 3 aromatic rings. The average Bonchev–Trinajstić information content (AvgIpc) is 3.50. The monoisotopic (exact) mass is 718 g/mol. The fraction of sp³-hybridized carbons (Fsp3) is 0.325. The van der Waals surface area contributed by atoms with Crippen LogP contribution in [0, 0.1) is 0 Å². The first-order chi connectivity index (χ1) is 24.9. The second-order valence-electron chi connectivity index (χ2n) is 12.7. The number of carbonyl (C=O) groups is 1. The van der Waals surface area contributed by atoms with E-state index in [0.717, 1.165) is 96.5 Å². The van der Waals surface area contributed by atoms with E-state index in [4.69, 9.17) is 13.9 Å². The number of anilines is 1. The molecule has 0 atom stereocenters. The van der Waals surface area contributed by atoms with Gasteiger partial charge in [0, 0.05) is 53.8 Å². The molecule has 0 unspecified atom stereocenters. The van der Waals surface area contributed by atoms with E-state index < -0.39 is 13.2 Å². The van der Waals surface area contributed by atoms with Gasteiger partial charge in [0.2, 0.25) is 5.36 Å². The molecule has 274 valence electrons. The van der Waals surface area contributed by atoms with Crippen LogP contribution in [0.3, 0.4) is 0 Å². The van der Waals surface area contributed by atoms with Gasteiger partial charge in [0.05, 0.1) is 11.6 Å². The smallest absolute Gasteiger partial charge is 0.481 e. The topological polar surface area (TPSA) is 86.9 Å². The molecule has 0 fully saturated rings. The molecule has 2 aliphatic carbocycles. The number of carboxylic acids is 1. The van der Waals surface area contributed by atoms with Gasteiger partial charge in [-0.05, 0) is 93.5 Å². The number of nitrogens with zero attached hydrogens (tertiary/aromatic N) is 2. The molecule has 6 rings (SSSR count). The number of benzene rings is 3. The number of allylic oxidation sites excluding steroid dienone is 1. The Morgan fingerprint density at radius 2 is 1.63 bits per heavy atom. The first kappa shape index (κ1) is 38.1. The van der Waals surface area contributed by atoms with E-state index in [1.54, 1.807) is 0 Å². The lowest BCUT2D eigenvalue weighted by Crippen LogP contribution is -2.29. The van der Waals surface area contributed by atoms with E-state index in [1.807, 2.05) is 30.3 Å². The highest BCUT2D eigenvalue weighted by Gasteiger charge is 2.28. The van der Waals surface area contributed by atoms with Crippen molar-refractivity contribution in [3.05, 3.63) is 105 Å². The second kappa shape index (κ2) is 16.9. The van der Waals surface area contributed by atoms with Gasteiger partial charge in [-0.3, -0.25) is 4.79 Å². The number of unbranched alkanes of at least 4 members (excludes halogenated alkanes) is 2. The molecule has 7 nitrogen and oxygen atoms in total. The van der Waals surface area contributed by atoms with E-state index in [2.05, 4.69) is 78.8 Å². The van der Waals surface area contributed by atoms with Crippen LogP contribution in [-0.4, -0.2) is 44.5 Å². The van der Waals surface area contributed by atoms with Gasteiger partial charge in [-0.15, -0.1) is 0 Å². The average molecular weight is 719 g/mol. The van der Waals surface area contributed by atoms with Crippen molar-refractivity contribution < 1.29 is 36.0 Å². The molecule has 0 bridgehead atoms. The summed E-state index contributed by atoms with van der Waals surface area (Å²) in [6.07, 6.45) is 6.18. The van der Waals surface area contributed by atoms with Crippen molar-refractivity contribution in [1.82, 2.24) is 4.58 Å². The van der Waals surface area contributed by atoms with Crippen molar-refractivity contribution in [3.63, 3.8) is 0 Å². The highest BCUT2D eigenvalue weighted by Crippen LogP contribution is 2.45. The molecular weight excluding hydrogens is 675 g/mol. The van der Waals surface area contributed by atoms with Crippen molar-refractivity contribution in [2.75, 3.05) is 31.1 Å². The summed E-state index contributed by atoms with van der Waals surface area (Å²) in [5, 5.41) is 10.9. The van der Waals surface area contributed by atoms with Crippen molar-refractivity contribution in [2.45, 2.75) is 59.3 Å². The number of fused-ring (bicyclic) bond motifs is 3. The van der Waals surface area contributed by atoms with E-state index in [9.17, 15) is 26.9 Å². The first-order valence-corrected chi connectivity index (χ1v) is 17.8. The molecule has 0 amide bonds. The Morgan fingerprint density at radius 3 is 2.31 bits per heavy atom. The summed E-state index contributed by atoms with van der Waals surface area (Å²) in [5.41, 5.74) is 7.28. The molecule has 1 aliphatic heterocycles.